The van der Waals surface area contributed by atoms with E-state index >= 15 is 0 Å². The third-order valence-corrected chi connectivity index (χ3v) is 11.4. The molecule has 3 fully saturated rings. The molecule has 0 aromatic heterocycles. The first-order chi connectivity index (χ1) is 15.0. The Hall–Kier alpha value is -0.300. The lowest BCUT2D eigenvalue weighted by atomic mass is 9.43. The second-order valence-corrected chi connectivity index (χ2v) is 14.3. The van der Waals surface area contributed by atoms with Crippen molar-refractivity contribution in [2.45, 2.75) is 131 Å². The fourth-order valence-corrected chi connectivity index (χ4v) is 9.85. The van der Waals surface area contributed by atoms with Crippen molar-refractivity contribution in [2.75, 3.05) is 0 Å². The van der Waals surface area contributed by atoms with Crippen molar-refractivity contribution in [1.29, 1.82) is 0 Å². The Labute approximate surface area is 200 Å². The van der Waals surface area contributed by atoms with E-state index in [1.165, 1.54) is 70.6 Å². The van der Waals surface area contributed by atoms with E-state index in [9.17, 15) is 0 Å². The molecular formula is C31H55N. The Bertz CT molecular complexity index is 691. The predicted molar refractivity (Wildman–Crippen MR) is 139 cm³/mol. The molecule has 1 nitrogen and oxygen atoms in total. The molecule has 0 radical (unpaired) electrons. The Balaban J connectivity index is 1.52. The van der Waals surface area contributed by atoms with Crippen LogP contribution in [0.3, 0.4) is 0 Å². The van der Waals surface area contributed by atoms with E-state index in [2.05, 4.69) is 54.5 Å². The fourth-order valence-electron chi connectivity index (χ4n) is 9.85. The van der Waals surface area contributed by atoms with Crippen molar-refractivity contribution in [3.8, 4) is 0 Å². The molecule has 0 heterocycles. The van der Waals surface area contributed by atoms with Crippen molar-refractivity contribution in [1.82, 2.24) is 0 Å². The Kier molecular flexibility index (Phi) is 7.02. The highest BCUT2D eigenvalue weighted by molar-refractivity contribution is 5.30. The van der Waals surface area contributed by atoms with Crippen molar-refractivity contribution in [2.24, 2.45) is 58.0 Å². The van der Waals surface area contributed by atoms with Gasteiger partial charge in [-0.1, -0.05) is 79.4 Å². The van der Waals surface area contributed by atoms with Gasteiger partial charge in [0.15, 0.2) is 0 Å². The van der Waals surface area contributed by atoms with Gasteiger partial charge in [-0.25, -0.2) is 0 Å². The molecule has 0 amide bonds. The summed E-state index contributed by atoms with van der Waals surface area (Å²) in [5.41, 5.74) is 10.3. The largest absolute Gasteiger partial charge is 0.324 e. The summed E-state index contributed by atoms with van der Waals surface area (Å²) in [6, 6.07) is 0. The summed E-state index contributed by atoms with van der Waals surface area (Å²) in [6.45, 7) is 17.4. The molecule has 32 heavy (non-hydrogen) atoms. The minimum atomic E-state index is 0.0442. The van der Waals surface area contributed by atoms with Crippen LogP contribution in [0.4, 0.5) is 0 Å². The lowest BCUT2D eigenvalue weighted by Crippen LogP contribution is -2.66. The lowest BCUT2D eigenvalue weighted by molar-refractivity contribution is -0.0704. The molecule has 0 bridgehead atoms. The molecule has 0 saturated heterocycles. The maximum absolute atomic E-state index is 7.60. The van der Waals surface area contributed by atoms with Crippen LogP contribution in [0, 0.1) is 52.3 Å². The van der Waals surface area contributed by atoms with E-state index in [0.717, 1.165) is 41.9 Å². The summed E-state index contributed by atoms with van der Waals surface area (Å²) in [7, 11) is 0. The summed E-state index contributed by atoms with van der Waals surface area (Å²) in [4.78, 5) is 0. The maximum atomic E-state index is 7.60. The second-order valence-electron chi connectivity index (χ2n) is 14.3. The van der Waals surface area contributed by atoms with Gasteiger partial charge in [0.1, 0.15) is 0 Å². The molecule has 0 aromatic carbocycles. The van der Waals surface area contributed by atoms with Gasteiger partial charge in [0.05, 0.1) is 0 Å². The quantitative estimate of drug-likeness (QED) is 0.392. The zero-order valence-corrected chi connectivity index (χ0v) is 22.7. The van der Waals surface area contributed by atoms with Crippen molar-refractivity contribution in [3.05, 3.63) is 11.6 Å². The topological polar surface area (TPSA) is 26.0 Å². The molecule has 2 N–H and O–H groups in total. The summed E-state index contributed by atoms with van der Waals surface area (Å²) < 4.78 is 0. The smallest absolute Gasteiger partial charge is 0.0260 e. The number of hydrogen-bond acceptors (Lipinski definition) is 1. The van der Waals surface area contributed by atoms with Gasteiger partial charge in [0, 0.05) is 5.54 Å². The minimum absolute atomic E-state index is 0.0442. The van der Waals surface area contributed by atoms with Gasteiger partial charge < -0.3 is 5.73 Å². The highest BCUT2D eigenvalue weighted by Gasteiger charge is 2.64. The Morgan fingerprint density at radius 1 is 0.906 bits per heavy atom. The van der Waals surface area contributed by atoms with Crippen LogP contribution in [-0.2, 0) is 0 Å². The lowest BCUT2D eigenvalue weighted by Gasteiger charge is -2.63. The van der Waals surface area contributed by atoms with E-state index in [0.29, 0.717) is 16.7 Å². The third-order valence-electron chi connectivity index (χ3n) is 11.4. The molecule has 4 aliphatic rings. The van der Waals surface area contributed by atoms with Crippen LogP contribution in [0.15, 0.2) is 11.6 Å². The second kappa shape index (κ2) is 9.05. The summed E-state index contributed by atoms with van der Waals surface area (Å²) >= 11 is 0. The first kappa shape index (κ1) is 24.8. The monoisotopic (exact) mass is 441 g/mol. The molecule has 8 atom stereocenters. The number of nitrogens with two attached hydrogens (primary N) is 1. The van der Waals surface area contributed by atoms with Crippen LogP contribution in [0.25, 0.3) is 0 Å². The summed E-state index contributed by atoms with van der Waals surface area (Å²) in [6.07, 6.45) is 19.3. The Morgan fingerprint density at radius 3 is 2.34 bits per heavy atom. The van der Waals surface area contributed by atoms with E-state index in [1.807, 2.05) is 0 Å². The molecule has 4 rings (SSSR count). The maximum Gasteiger partial charge on any atom is 0.0260 e. The van der Waals surface area contributed by atoms with Gasteiger partial charge in [-0.15, -0.1) is 0 Å². The van der Waals surface area contributed by atoms with Crippen LogP contribution in [0.1, 0.15) is 126 Å². The highest BCUT2D eigenvalue weighted by atomic mass is 14.9. The van der Waals surface area contributed by atoms with Crippen molar-refractivity contribution < 1.29 is 0 Å². The zero-order valence-electron chi connectivity index (χ0n) is 22.7. The Morgan fingerprint density at radius 2 is 1.66 bits per heavy atom. The molecule has 4 aliphatic carbocycles. The molecular weight excluding hydrogens is 386 g/mol. The average molecular weight is 442 g/mol. The third kappa shape index (κ3) is 4.16. The van der Waals surface area contributed by atoms with Gasteiger partial charge in [-0.2, -0.15) is 0 Å². The first-order valence-electron chi connectivity index (χ1n) is 14.5. The van der Waals surface area contributed by atoms with E-state index < -0.39 is 0 Å². The van der Waals surface area contributed by atoms with Gasteiger partial charge in [0.2, 0.25) is 0 Å². The van der Waals surface area contributed by atoms with Gasteiger partial charge in [0.25, 0.3) is 0 Å². The standard InChI is InChI=1S/C31H55N/c1-21(2)9-8-10-23(5)26-11-12-27-30(26,7)17-15-28-29(6)16-13-24(19-22(3)4)20-25(29)14-18-31(27,28)32/h14,21-24,26-28H,8-13,15-20,32H2,1-7H3. The average Bonchev–Trinajstić information content (AvgIpc) is 3.06. The van der Waals surface area contributed by atoms with Crippen molar-refractivity contribution in [3.63, 3.8) is 0 Å². The molecule has 0 aromatic rings. The zero-order chi connectivity index (χ0) is 23.3. The van der Waals surface area contributed by atoms with Crippen LogP contribution in [0.5, 0.6) is 0 Å². The normalized spacial score (nSPS) is 44.8. The SMILES string of the molecule is CC(C)CCCC(C)C1CCC2C1(C)CCC1C3(C)CCC(CC(C)C)CC3=CCC12N. The molecule has 3 saturated carbocycles. The van der Waals surface area contributed by atoms with Crippen LogP contribution in [-0.4, -0.2) is 5.54 Å². The highest BCUT2D eigenvalue weighted by Crippen LogP contribution is 2.68. The number of hydrogen-bond donors (Lipinski definition) is 1. The molecule has 0 spiro atoms. The van der Waals surface area contributed by atoms with Gasteiger partial charge in [-0.3, -0.25) is 0 Å². The van der Waals surface area contributed by atoms with Crippen LogP contribution < -0.4 is 5.73 Å². The molecule has 8 unspecified atom stereocenters. The summed E-state index contributed by atoms with van der Waals surface area (Å²) in [5.74, 6) is 5.78. The number of fused-ring (bicyclic) bond motifs is 5. The van der Waals surface area contributed by atoms with E-state index in [-0.39, 0.29) is 5.54 Å². The van der Waals surface area contributed by atoms with Crippen molar-refractivity contribution >= 4 is 0 Å². The van der Waals surface area contributed by atoms with E-state index in [4.69, 9.17) is 5.73 Å². The minimum Gasteiger partial charge on any atom is -0.324 e. The summed E-state index contributed by atoms with van der Waals surface area (Å²) in [5, 5.41) is 0. The van der Waals surface area contributed by atoms with E-state index in [1.54, 1.807) is 5.57 Å². The number of rotatable bonds is 7. The first-order valence-corrected chi connectivity index (χ1v) is 14.5. The van der Waals surface area contributed by atoms with Crippen LogP contribution >= 0.6 is 0 Å². The molecule has 0 aliphatic heterocycles. The molecule has 184 valence electrons. The van der Waals surface area contributed by atoms with Gasteiger partial charge in [-0.05, 0) is 110 Å². The van der Waals surface area contributed by atoms with Gasteiger partial charge >= 0.3 is 0 Å². The molecule has 1 heteroatoms. The fraction of sp³-hybridized carbons (Fsp3) is 0.935. The number of allylic oxidation sites excluding steroid dienone is 1. The van der Waals surface area contributed by atoms with Crippen LogP contribution in [0.2, 0.25) is 0 Å². The predicted octanol–water partition coefficient (Wildman–Crippen LogP) is 8.77.